The smallest absolute Gasteiger partial charge is 0.203 e. The van der Waals surface area contributed by atoms with Crippen LogP contribution in [0.1, 0.15) is 6.92 Å². The van der Waals surface area contributed by atoms with Crippen LogP contribution in [-0.4, -0.2) is 47.9 Å². The number of anilines is 1. The highest BCUT2D eigenvalue weighted by Gasteiger charge is 2.18. The fraction of sp³-hybridized carbons (Fsp3) is 0.571. The van der Waals surface area contributed by atoms with Crippen molar-refractivity contribution in [2.75, 3.05) is 40.9 Å². The third kappa shape index (κ3) is 3.68. The van der Waals surface area contributed by atoms with Crippen LogP contribution < -0.4 is 19.5 Å². The Balaban J connectivity index is 3.01. The molecule has 1 rings (SSSR count). The van der Waals surface area contributed by atoms with Crippen molar-refractivity contribution < 1.29 is 23.7 Å². The van der Waals surface area contributed by atoms with Gasteiger partial charge >= 0.3 is 0 Å². The van der Waals surface area contributed by atoms with Gasteiger partial charge in [-0.2, -0.15) is 0 Å². The van der Waals surface area contributed by atoms with Crippen LogP contribution in [0.4, 0.5) is 5.69 Å². The topological polar surface area (TPSA) is 58.2 Å². The first kappa shape index (κ1) is 16.4. The molecule has 0 aromatic heterocycles. The molecular weight excluding hydrogens is 262 g/mol. The third-order valence-corrected chi connectivity index (χ3v) is 2.93. The highest BCUT2D eigenvalue weighted by Crippen LogP contribution is 2.40. The van der Waals surface area contributed by atoms with E-state index < -0.39 is 0 Å². The second-order valence-corrected chi connectivity index (χ2v) is 4.19. The number of ether oxygens (including phenoxy) is 5. The summed E-state index contributed by atoms with van der Waals surface area (Å²) in [6, 6.07) is 3.62. The van der Waals surface area contributed by atoms with Gasteiger partial charge in [-0.3, -0.25) is 0 Å². The molecule has 6 nitrogen and oxygen atoms in total. The Morgan fingerprint density at radius 2 is 1.35 bits per heavy atom. The molecule has 20 heavy (non-hydrogen) atoms. The minimum atomic E-state index is -0.353. The van der Waals surface area contributed by atoms with Crippen molar-refractivity contribution in [2.45, 2.75) is 19.3 Å². The lowest BCUT2D eigenvalue weighted by molar-refractivity contribution is -0.109. The van der Waals surface area contributed by atoms with E-state index in [0.717, 1.165) is 5.69 Å². The van der Waals surface area contributed by atoms with Crippen molar-refractivity contribution in [3.63, 3.8) is 0 Å². The molecule has 1 aromatic carbocycles. The van der Waals surface area contributed by atoms with Gasteiger partial charge in [0.05, 0.1) is 27.4 Å². The van der Waals surface area contributed by atoms with Crippen molar-refractivity contribution in [1.82, 2.24) is 0 Å². The summed E-state index contributed by atoms with van der Waals surface area (Å²) in [5.74, 6) is 1.74. The first-order valence-electron chi connectivity index (χ1n) is 6.23. The Labute approximate surface area is 119 Å². The second kappa shape index (κ2) is 7.81. The zero-order valence-corrected chi connectivity index (χ0v) is 12.9. The average Bonchev–Trinajstić information content (AvgIpc) is 2.47. The van der Waals surface area contributed by atoms with Crippen LogP contribution in [0.5, 0.6) is 17.2 Å². The highest BCUT2D eigenvalue weighted by atomic mass is 16.7. The predicted octanol–water partition coefficient (Wildman–Crippen LogP) is 2.13. The first-order chi connectivity index (χ1) is 9.60. The summed E-state index contributed by atoms with van der Waals surface area (Å²) >= 11 is 0. The number of benzene rings is 1. The summed E-state index contributed by atoms with van der Waals surface area (Å²) in [6.45, 7) is 1.96. The first-order valence-corrected chi connectivity index (χ1v) is 6.23. The van der Waals surface area contributed by atoms with E-state index >= 15 is 0 Å². The monoisotopic (exact) mass is 285 g/mol. The van der Waals surface area contributed by atoms with Crippen LogP contribution in [-0.2, 0) is 9.47 Å². The molecule has 114 valence electrons. The number of hydrogen-bond donors (Lipinski definition) is 1. The van der Waals surface area contributed by atoms with Crippen molar-refractivity contribution in [3.05, 3.63) is 12.1 Å². The quantitative estimate of drug-likeness (QED) is 0.738. The predicted molar refractivity (Wildman–Crippen MR) is 77.0 cm³/mol. The van der Waals surface area contributed by atoms with Crippen molar-refractivity contribution in [1.29, 1.82) is 0 Å². The summed E-state index contributed by atoms with van der Waals surface area (Å²) in [5.41, 5.74) is 0.825. The van der Waals surface area contributed by atoms with E-state index in [9.17, 15) is 0 Å². The zero-order valence-electron chi connectivity index (χ0n) is 12.9. The van der Waals surface area contributed by atoms with Crippen LogP contribution in [0.25, 0.3) is 0 Å². The lowest BCUT2D eigenvalue weighted by Crippen LogP contribution is -2.33. The fourth-order valence-electron chi connectivity index (χ4n) is 2.00. The van der Waals surface area contributed by atoms with E-state index in [1.807, 2.05) is 19.1 Å². The Bertz CT molecular complexity index is 395. The molecule has 0 heterocycles. The van der Waals surface area contributed by atoms with Crippen LogP contribution in [0.15, 0.2) is 12.1 Å². The molecule has 1 N–H and O–H groups in total. The SMILES string of the molecule is COc1cc(NC(C)C(OC)OC)cc(OC)c1OC. The normalized spacial score (nSPS) is 12.2. The summed E-state index contributed by atoms with van der Waals surface area (Å²) in [4.78, 5) is 0. The largest absolute Gasteiger partial charge is 0.493 e. The van der Waals surface area contributed by atoms with Gasteiger partial charge in [-0.1, -0.05) is 0 Å². The fourth-order valence-corrected chi connectivity index (χ4v) is 2.00. The Morgan fingerprint density at radius 3 is 1.70 bits per heavy atom. The van der Waals surface area contributed by atoms with E-state index in [0.29, 0.717) is 17.2 Å². The Kier molecular flexibility index (Phi) is 6.41. The minimum Gasteiger partial charge on any atom is -0.493 e. The van der Waals surface area contributed by atoms with Crippen LogP contribution in [0.2, 0.25) is 0 Å². The van der Waals surface area contributed by atoms with Gasteiger partial charge in [-0.25, -0.2) is 0 Å². The lowest BCUT2D eigenvalue weighted by atomic mass is 10.2. The van der Waals surface area contributed by atoms with Crippen molar-refractivity contribution in [2.24, 2.45) is 0 Å². The molecule has 6 heteroatoms. The summed E-state index contributed by atoms with van der Waals surface area (Å²) in [6.07, 6.45) is -0.353. The van der Waals surface area contributed by atoms with Gasteiger partial charge in [-0.15, -0.1) is 0 Å². The molecule has 0 aliphatic rings. The Hall–Kier alpha value is -1.66. The molecule has 0 aliphatic heterocycles. The highest BCUT2D eigenvalue weighted by molar-refractivity contribution is 5.62. The van der Waals surface area contributed by atoms with Gasteiger partial charge in [0.1, 0.15) is 0 Å². The third-order valence-electron chi connectivity index (χ3n) is 2.93. The standard InChI is InChI=1S/C14H23NO5/c1-9(14(19-5)20-6)15-10-7-11(16-2)13(18-4)12(8-10)17-3/h7-9,14-15H,1-6H3. The molecule has 0 aliphatic carbocycles. The number of methoxy groups -OCH3 is 5. The molecule has 1 unspecified atom stereocenters. The molecule has 1 aromatic rings. The second-order valence-electron chi connectivity index (χ2n) is 4.19. The Morgan fingerprint density at radius 1 is 0.850 bits per heavy atom. The van der Waals surface area contributed by atoms with Crippen molar-refractivity contribution >= 4 is 5.69 Å². The molecule has 1 atom stereocenters. The van der Waals surface area contributed by atoms with Gasteiger partial charge < -0.3 is 29.0 Å². The van der Waals surface area contributed by atoms with Crippen LogP contribution >= 0.6 is 0 Å². The van der Waals surface area contributed by atoms with Gasteiger partial charge in [0.2, 0.25) is 5.75 Å². The molecule has 0 bridgehead atoms. The average molecular weight is 285 g/mol. The van der Waals surface area contributed by atoms with E-state index in [1.54, 1.807) is 35.5 Å². The molecular formula is C14H23NO5. The van der Waals surface area contributed by atoms with E-state index in [1.165, 1.54) is 0 Å². The van der Waals surface area contributed by atoms with E-state index in [2.05, 4.69) is 5.32 Å². The summed E-state index contributed by atoms with van der Waals surface area (Å²) < 4.78 is 26.3. The maximum Gasteiger partial charge on any atom is 0.203 e. The zero-order chi connectivity index (χ0) is 15.1. The van der Waals surface area contributed by atoms with Crippen LogP contribution in [0, 0.1) is 0 Å². The van der Waals surface area contributed by atoms with Gasteiger partial charge in [-0.05, 0) is 6.92 Å². The molecule has 0 spiro atoms. The van der Waals surface area contributed by atoms with E-state index in [-0.39, 0.29) is 12.3 Å². The molecule has 0 amide bonds. The number of hydrogen-bond acceptors (Lipinski definition) is 6. The maximum atomic E-state index is 5.31. The van der Waals surface area contributed by atoms with Gasteiger partial charge in [0.15, 0.2) is 17.8 Å². The summed E-state index contributed by atoms with van der Waals surface area (Å²) in [5, 5.41) is 3.28. The molecule has 0 fully saturated rings. The molecule has 0 saturated heterocycles. The maximum absolute atomic E-state index is 5.31. The van der Waals surface area contributed by atoms with Crippen LogP contribution in [0.3, 0.4) is 0 Å². The van der Waals surface area contributed by atoms with Gasteiger partial charge in [0.25, 0.3) is 0 Å². The summed E-state index contributed by atoms with van der Waals surface area (Å²) in [7, 11) is 7.93. The number of nitrogens with one attached hydrogen (secondary N) is 1. The molecule has 0 radical (unpaired) electrons. The van der Waals surface area contributed by atoms with E-state index in [4.69, 9.17) is 23.7 Å². The minimum absolute atomic E-state index is 0.0483. The van der Waals surface area contributed by atoms with Crippen molar-refractivity contribution in [3.8, 4) is 17.2 Å². The molecule has 0 saturated carbocycles. The van der Waals surface area contributed by atoms with Gasteiger partial charge in [0, 0.05) is 32.0 Å². The lowest BCUT2D eigenvalue weighted by Gasteiger charge is -2.24. The number of rotatable bonds is 8.